The molecule has 0 aliphatic heterocycles. The number of hydrogen-bond donors (Lipinski definition) is 2. The summed E-state index contributed by atoms with van der Waals surface area (Å²) < 4.78 is 106. The van der Waals surface area contributed by atoms with Crippen LogP contribution in [0.25, 0.3) is 32.3 Å². The number of aromatic nitrogens is 2. The van der Waals surface area contributed by atoms with Crippen LogP contribution >= 0.6 is 98.6 Å². The molecule has 0 saturated heterocycles. The fourth-order valence-electron chi connectivity index (χ4n) is 5.91. The number of aryl methyl sites for hydroxylation is 4. The number of benzene rings is 6. The van der Waals surface area contributed by atoms with E-state index >= 15 is 0 Å². The summed E-state index contributed by atoms with van der Waals surface area (Å²) in [7, 11) is 0. The highest BCUT2D eigenvalue weighted by Gasteiger charge is 2.34. The monoisotopic (exact) mass is 1350 g/mol. The fourth-order valence-corrected chi connectivity index (χ4v) is 8.83. The first-order valence-corrected chi connectivity index (χ1v) is 27.4. The van der Waals surface area contributed by atoms with Crippen molar-refractivity contribution < 1.29 is 44.7 Å². The summed E-state index contributed by atoms with van der Waals surface area (Å²) >= 11 is 19.8. The molecule has 2 heterocycles. The van der Waals surface area contributed by atoms with Crippen molar-refractivity contribution >= 4 is 121 Å². The van der Waals surface area contributed by atoms with Crippen LogP contribution in [0.4, 0.5) is 40.8 Å². The summed E-state index contributed by atoms with van der Waals surface area (Å²) in [6, 6.07) is 33.8. The topological polar surface area (TPSA) is 122 Å². The molecule has 8 rings (SSSR count). The Kier molecular flexibility index (Phi) is 23.8. The lowest BCUT2D eigenvalue weighted by Gasteiger charge is -2.11. The van der Waals surface area contributed by atoms with Crippen molar-refractivity contribution in [2.75, 3.05) is 10.6 Å². The molecule has 0 bridgehead atoms. The van der Waals surface area contributed by atoms with Crippen LogP contribution in [0.3, 0.4) is 0 Å². The Bertz CT molecular complexity index is 3360. The molecule has 1 amide bonds. The lowest BCUT2D eigenvalue weighted by Crippen LogP contribution is -2.15. The number of ketones is 1. The number of alkyl halides is 7. The minimum atomic E-state index is -4.51. The molecule has 76 heavy (non-hydrogen) atoms. The van der Waals surface area contributed by atoms with E-state index in [4.69, 9.17) is 23.2 Å². The number of halogens is 12. The maximum absolute atomic E-state index is 13.8. The van der Waals surface area contributed by atoms with Crippen LogP contribution in [0, 0.1) is 50.7 Å². The zero-order chi connectivity index (χ0) is 56.7. The summed E-state index contributed by atoms with van der Waals surface area (Å²) in [5.41, 5.74) is 11.9. The van der Waals surface area contributed by atoms with Crippen LogP contribution in [-0.2, 0) is 17.1 Å². The van der Waals surface area contributed by atoms with Gasteiger partial charge in [-0.3, -0.25) is 9.59 Å². The Labute approximate surface area is 480 Å². The molecule has 7 nitrogen and oxygen atoms in total. The van der Waals surface area contributed by atoms with Crippen LogP contribution in [0.5, 0.6) is 0 Å². The average molecular weight is 1360 g/mol. The normalized spacial score (nSPS) is 10.7. The molecule has 6 aromatic carbocycles. The molecular formula is C54H41Br4F8N5O2S3. The second kappa shape index (κ2) is 28.7. The van der Waals surface area contributed by atoms with Crippen molar-refractivity contribution in [3.63, 3.8) is 0 Å². The van der Waals surface area contributed by atoms with Gasteiger partial charge in [0, 0.05) is 46.6 Å². The summed E-state index contributed by atoms with van der Waals surface area (Å²) in [6.07, 6.45) is -8.88. The molecule has 0 saturated carbocycles. The number of rotatable bonds is 7. The highest BCUT2D eigenvalue weighted by molar-refractivity contribution is 9.11. The Morgan fingerprint density at radius 1 is 0.658 bits per heavy atom. The zero-order valence-corrected chi connectivity index (χ0v) is 49.1. The smallest absolute Gasteiger partial charge is 0.389 e. The van der Waals surface area contributed by atoms with E-state index < -0.39 is 46.8 Å². The fraction of sp³-hybridized carbons (Fsp3) is 0.148. The van der Waals surface area contributed by atoms with Gasteiger partial charge < -0.3 is 11.1 Å². The van der Waals surface area contributed by atoms with Crippen molar-refractivity contribution in [2.45, 2.75) is 47.0 Å². The van der Waals surface area contributed by atoms with Gasteiger partial charge in [0.05, 0.1) is 17.0 Å². The maximum Gasteiger partial charge on any atom is 0.434 e. The number of hydrogen-bond acceptors (Lipinski definition) is 8. The van der Waals surface area contributed by atoms with Crippen molar-refractivity contribution in [1.82, 2.24) is 9.97 Å². The number of thiocarbonyl (C=S) groups is 1. The second-order valence-electron chi connectivity index (χ2n) is 15.9. The van der Waals surface area contributed by atoms with Gasteiger partial charge in [0.25, 0.3) is 5.91 Å². The SMILES string of the molecule is CC(=O)CBr.Cc1ccc(-c2nc(C(F)(F)F)cs2)cc1-c1ccc(NC(=O)c2c(F)cccc2F)cc1.Cc1ccc(-c2nc(C(F)(F)F)cs2)cc1Br.Cc1ccc(C#N)cc1Br.Cc1ccc(C(N)=S)cc1Br. The molecule has 396 valence electrons. The zero-order valence-electron chi connectivity index (χ0n) is 40.3. The van der Waals surface area contributed by atoms with E-state index in [9.17, 15) is 44.7 Å². The molecule has 0 atom stereocenters. The molecule has 0 aliphatic carbocycles. The van der Waals surface area contributed by atoms with Crippen molar-refractivity contribution in [2.24, 2.45) is 5.73 Å². The molecule has 0 unspecified atom stereocenters. The number of nitrogens with two attached hydrogens (primary N) is 1. The number of carbonyl (C=O) groups is 2. The van der Waals surface area contributed by atoms with E-state index in [2.05, 4.69) is 85.1 Å². The molecule has 22 heteroatoms. The summed E-state index contributed by atoms with van der Waals surface area (Å²) in [4.78, 5) is 29.7. The second-order valence-corrected chi connectivity index (χ2v) is 21.2. The molecular weight excluding hydrogens is 1320 g/mol. The number of nitrogens with zero attached hydrogens (tertiary/aromatic N) is 3. The summed E-state index contributed by atoms with van der Waals surface area (Å²) in [6.45, 7) is 9.32. The predicted octanol–water partition coefficient (Wildman–Crippen LogP) is 18.2. The van der Waals surface area contributed by atoms with Crippen LogP contribution in [0.1, 0.15) is 62.1 Å². The van der Waals surface area contributed by atoms with Crippen molar-refractivity contribution in [1.29, 1.82) is 5.26 Å². The van der Waals surface area contributed by atoms with E-state index in [-0.39, 0.29) is 10.8 Å². The van der Waals surface area contributed by atoms with Crippen LogP contribution in [0.15, 0.2) is 139 Å². The Balaban J connectivity index is 0.000000240. The molecule has 2 aromatic heterocycles. The van der Waals surface area contributed by atoms with E-state index in [1.54, 1.807) is 60.7 Å². The molecule has 8 aromatic rings. The summed E-state index contributed by atoms with van der Waals surface area (Å²) in [5.74, 6) is -2.68. The lowest BCUT2D eigenvalue weighted by molar-refractivity contribution is -0.141. The number of amides is 1. The predicted molar refractivity (Wildman–Crippen MR) is 305 cm³/mol. The summed E-state index contributed by atoms with van der Waals surface area (Å²) in [5, 5.41) is 14.0. The number of nitrogens with one attached hydrogen (secondary N) is 1. The molecule has 0 spiro atoms. The highest BCUT2D eigenvalue weighted by Crippen LogP contribution is 2.37. The molecule has 3 N–H and O–H groups in total. The Morgan fingerprint density at radius 2 is 1.09 bits per heavy atom. The third-order valence-electron chi connectivity index (χ3n) is 10.1. The minimum Gasteiger partial charge on any atom is -0.389 e. The van der Waals surface area contributed by atoms with Crippen LogP contribution < -0.4 is 11.1 Å². The van der Waals surface area contributed by atoms with Gasteiger partial charge >= 0.3 is 12.4 Å². The lowest BCUT2D eigenvalue weighted by atomic mass is 9.98. The average Bonchev–Trinajstić information content (AvgIpc) is 4.08. The largest absolute Gasteiger partial charge is 0.434 e. The minimum absolute atomic E-state index is 0.171. The van der Waals surface area contributed by atoms with Crippen molar-refractivity contribution in [3.05, 3.63) is 201 Å². The van der Waals surface area contributed by atoms with Crippen LogP contribution in [0.2, 0.25) is 0 Å². The van der Waals surface area contributed by atoms with Gasteiger partial charge in [-0.2, -0.15) is 31.6 Å². The molecule has 0 radical (unpaired) electrons. The first-order valence-electron chi connectivity index (χ1n) is 21.7. The quantitative estimate of drug-likeness (QED) is 0.0926. The van der Waals surface area contributed by atoms with E-state index in [0.717, 1.165) is 92.4 Å². The third-order valence-corrected chi connectivity index (χ3v) is 15.5. The Hall–Kier alpha value is -5.54. The standard InChI is InChI=1S/C24H15F5N2OS.C11H7BrF3NS.C8H8BrNS.C8H6BrN.C3H5BrO/c1-13-5-6-15(23-31-20(12-33-23)24(27,28)29)11-17(13)14-7-9-16(10-8-14)30-22(32)21-18(25)3-2-4-19(21)26;1-6-2-3-7(4-8(6)12)10-16-9(5-17-10)11(13,14)15;1-5-2-3-6(8(10)11)4-7(5)9;1-6-2-3-7(5-10)4-8(6)9;1-3(5)2-4/h2-12H,1H3,(H,30,32);2-5H,1H3;2-4H,1H3,(H2,10,11);2-4H,1H3;2H2,1H3. The van der Waals surface area contributed by atoms with Crippen LogP contribution in [-0.4, -0.2) is 32.0 Å². The van der Waals surface area contributed by atoms with Crippen molar-refractivity contribution in [3.8, 4) is 38.3 Å². The van der Waals surface area contributed by atoms with E-state index in [0.29, 0.717) is 37.7 Å². The molecule has 0 aliphatic rings. The number of anilines is 1. The van der Waals surface area contributed by atoms with Gasteiger partial charge in [-0.05, 0) is 123 Å². The first kappa shape index (κ1) is 63.0. The van der Waals surface area contributed by atoms with Gasteiger partial charge in [-0.1, -0.05) is 137 Å². The number of Topliss-reactive ketones (excluding diaryl/α,β-unsaturated/α-hetero) is 1. The van der Waals surface area contributed by atoms with Gasteiger partial charge in [-0.15, -0.1) is 22.7 Å². The molecule has 0 fully saturated rings. The maximum atomic E-state index is 13.8. The number of nitriles is 1. The van der Waals surface area contributed by atoms with Gasteiger partial charge in [-0.25, -0.2) is 18.7 Å². The number of carbonyl (C=O) groups excluding carboxylic acids is 2. The van der Waals surface area contributed by atoms with E-state index in [1.807, 2.05) is 64.1 Å². The van der Waals surface area contributed by atoms with Gasteiger partial charge in [0.2, 0.25) is 0 Å². The highest BCUT2D eigenvalue weighted by atomic mass is 79.9. The Morgan fingerprint density at radius 3 is 1.51 bits per heavy atom. The van der Waals surface area contributed by atoms with Gasteiger partial charge in [0.1, 0.15) is 38.0 Å². The van der Waals surface area contributed by atoms with Gasteiger partial charge in [0.15, 0.2) is 11.4 Å². The third kappa shape index (κ3) is 18.9. The van der Waals surface area contributed by atoms with E-state index in [1.165, 1.54) is 18.6 Å². The number of thiazole rings is 2. The first-order chi connectivity index (χ1) is 35.6.